The lowest BCUT2D eigenvalue weighted by Gasteiger charge is -2.15. The maximum Gasteiger partial charge on any atom is 0.416 e. The number of halogens is 5. The molecule has 44 heavy (non-hydrogen) atoms. The lowest BCUT2D eigenvalue weighted by atomic mass is 10.1. The molecule has 0 aliphatic heterocycles. The number of pyridine rings is 1. The number of carbonyl (C=O) groups excluding carboxylic acids is 1. The van der Waals surface area contributed by atoms with E-state index in [2.05, 4.69) is 25.4 Å². The van der Waals surface area contributed by atoms with Crippen molar-refractivity contribution in [2.75, 3.05) is 25.8 Å². The van der Waals surface area contributed by atoms with Gasteiger partial charge in [0.15, 0.2) is 5.82 Å². The molecule has 18 heteroatoms. The van der Waals surface area contributed by atoms with E-state index in [-0.39, 0.29) is 51.5 Å². The van der Waals surface area contributed by atoms with Gasteiger partial charge in [0.1, 0.15) is 17.0 Å². The van der Waals surface area contributed by atoms with Gasteiger partial charge in [-0.2, -0.15) is 32.0 Å². The molecule has 0 bridgehead atoms. The van der Waals surface area contributed by atoms with Gasteiger partial charge in [-0.1, -0.05) is 0 Å². The summed E-state index contributed by atoms with van der Waals surface area (Å²) >= 11 is 0. The van der Waals surface area contributed by atoms with Crippen LogP contribution in [-0.2, 0) is 22.1 Å². The van der Waals surface area contributed by atoms with E-state index in [1.54, 1.807) is 4.72 Å². The second-order valence-electron chi connectivity index (χ2n) is 9.46. The first-order chi connectivity index (χ1) is 20.4. The normalized spacial score (nSPS) is 12.1. The van der Waals surface area contributed by atoms with E-state index >= 15 is 0 Å². The Bertz CT molecular complexity index is 1840. The zero-order valence-corrected chi connectivity index (χ0v) is 24.4. The summed E-state index contributed by atoms with van der Waals surface area (Å²) in [6.07, 6.45) is -1.50. The van der Waals surface area contributed by atoms with Crippen LogP contribution < -0.4 is 19.5 Å². The number of methoxy groups -OCH3 is 2. The highest BCUT2D eigenvalue weighted by molar-refractivity contribution is 7.89. The van der Waals surface area contributed by atoms with Crippen molar-refractivity contribution in [2.24, 2.45) is 0 Å². The van der Waals surface area contributed by atoms with Crippen molar-refractivity contribution in [1.82, 2.24) is 29.5 Å². The van der Waals surface area contributed by atoms with Crippen molar-refractivity contribution in [3.05, 3.63) is 65.2 Å². The summed E-state index contributed by atoms with van der Waals surface area (Å²) in [6, 6.07) is 5.20. The molecule has 0 saturated carbocycles. The number of hydrogen-bond acceptors (Lipinski definition) is 10. The summed E-state index contributed by atoms with van der Waals surface area (Å²) in [7, 11) is -1.58. The van der Waals surface area contributed by atoms with Crippen LogP contribution in [0.5, 0.6) is 11.6 Å². The van der Waals surface area contributed by atoms with Gasteiger partial charge in [0.25, 0.3) is 11.8 Å². The van der Waals surface area contributed by atoms with Gasteiger partial charge in [0.2, 0.25) is 21.9 Å². The molecule has 0 aliphatic carbocycles. The lowest BCUT2D eigenvalue weighted by molar-refractivity contribution is -0.137. The molecule has 12 nitrogen and oxygen atoms in total. The summed E-state index contributed by atoms with van der Waals surface area (Å²) in [5.74, 6) is -5.12. The molecule has 3 aromatic heterocycles. The van der Waals surface area contributed by atoms with Crippen LogP contribution >= 0.6 is 0 Å². The number of rotatable bonds is 9. The molecule has 0 fully saturated rings. The van der Waals surface area contributed by atoms with Crippen molar-refractivity contribution in [1.29, 1.82) is 0 Å². The molecule has 4 aromatic rings. The van der Waals surface area contributed by atoms with Gasteiger partial charge in [0, 0.05) is 47.9 Å². The Balaban J connectivity index is 1.90. The van der Waals surface area contributed by atoms with Gasteiger partial charge in [0.05, 0.1) is 26.0 Å². The quantitative estimate of drug-likeness (QED) is 0.248. The van der Waals surface area contributed by atoms with Gasteiger partial charge in [-0.25, -0.2) is 27.8 Å². The minimum absolute atomic E-state index is 0.0814. The fourth-order valence-electron chi connectivity index (χ4n) is 3.93. The van der Waals surface area contributed by atoms with Crippen LogP contribution in [0.1, 0.15) is 34.2 Å². The van der Waals surface area contributed by atoms with Crippen molar-refractivity contribution in [3.8, 4) is 28.6 Å². The first-order valence-electron chi connectivity index (χ1n) is 12.3. The number of anilines is 2. The number of sulfonamides is 1. The average Bonchev–Trinajstić information content (AvgIpc) is 3.33. The standard InChI is InChI=1S/C26H24F5N7O5S/c1-13-6-20(25(2,27)28)36-38(13)21-19(14-7-18(23(43-4)32-11-14)22(39)37-44(5,40)41)12-33-24(35-21)34-16-8-15(26(29,30)31)9-17(10-16)42-3/h6-12H,1-5H3,(H,37,39)(H,33,34,35). The smallest absolute Gasteiger partial charge is 0.416 e. The predicted molar refractivity (Wildman–Crippen MR) is 147 cm³/mol. The summed E-state index contributed by atoms with van der Waals surface area (Å²) in [6.45, 7) is 2.12. The predicted octanol–water partition coefficient (Wildman–Crippen LogP) is 4.61. The molecule has 1 amide bonds. The van der Waals surface area contributed by atoms with Gasteiger partial charge in [-0.05, 0) is 31.2 Å². The Kier molecular flexibility index (Phi) is 8.50. The van der Waals surface area contributed by atoms with E-state index in [1.807, 2.05) is 0 Å². The molecular weight excluding hydrogens is 617 g/mol. The topological polar surface area (TPSA) is 150 Å². The monoisotopic (exact) mass is 641 g/mol. The Hall–Kier alpha value is -4.87. The van der Waals surface area contributed by atoms with Crippen LogP contribution in [0, 0.1) is 6.92 Å². The average molecular weight is 642 g/mol. The number of carbonyl (C=O) groups is 1. The number of nitrogens with zero attached hydrogens (tertiary/aromatic N) is 5. The number of nitrogens with one attached hydrogen (secondary N) is 2. The zero-order chi connectivity index (χ0) is 32.6. The minimum Gasteiger partial charge on any atom is -0.497 e. The van der Waals surface area contributed by atoms with Crippen LogP contribution in [0.2, 0.25) is 0 Å². The molecular formula is C26H24F5N7O5S. The maximum atomic E-state index is 14.2. The number of amides is 1. The third-order valence-electron chi connectivity index (χ3n) is 5.91. The van der Waals surface area contributed by atoms with Crippen molar-refractivity contribution in [3.63, 3.8) is 0 Å². The molecule has 0 spiro atoms. The zero-order valence-electron chi connectivity index (χ0n) is 23.6. The highest BCUT2D eigenvalue weighted by atomic mass is 32.2. The Morgan fingerprint density at radius 3 is 2.25 bits per heavy atom. The number of aromatic nitrogens is 5. The van der Waals surface area contributed by atoms with E-state index in [4.69, 9.17) is 9.47 Å². The number of aryl methyl sites for hydroxylation is 1. The van der Waals surface area contributed by atoms with Crippen LogP contribution in [0.25, 0.3) is 16.9 Å². The number of alkyl halides is 5. The van der Waals surface area contributed by atoms with Crippen molar-refractivity contribution in [2.45, 2.75) is 25.9 Å². The molecule has 0 saturated heterocycles. The van der Waals surface area contributed by atoms with Gasteiger partial charge >= 0.3 is 6.18 Å². The largest absolute Gasteiger partial charge is 0.497 e. The summed E-state index contributed by atoms with van der Waals surface area (Å²) in [5.41, 5.74) is -1.61. The fourth-order valence-corrected chi connectivity index (χ4v) is 4.38. The lowest BCUT2D eigenvalue weighted by Crippen LogP contribution is -2.29. The number of ether oxygens (including phenoxy) is 2. The van der Waals surface area contributed by atoms with Crippen LogP contribution in [0.3, 0.4) is 0 Å². The molecule has 0 aliphatic rings. The van der Waals surface area contributed by atoms with E-state index in [0.717, 1.165) is 29.1 Å². The van der Waals surface area contributed by atoms with Crippen molar-refractivity contribution < 1.29 is 44.6 Å². The van der Waals surface area contributed by atoms with E-state index in [9.17, 15) is 35.2 Å². The highest BCUT2D eigenvalue weighted by Crippen LogP contribution is 2.36. The molecule has 3 heterocycles. The van der Waals surface area contributed by atoms with Crippen molar-refractivity contribution >= 4 is 27.6 Å². The maximum absolute atomic E-state index is 14.2. The fraction of sp³-hybridized carbons (Fsp3) is 0.269. The number of hydrogen-bond donors (Lipinski definition) is 2. The first kappa shape index (κ1) is 32.1. The minimum atomic E-state index is -4.70. The van der Waals surface area contributed by atoms with E-state index in [1.165, 1.54) is 45.7 Å². The van der Waals surface area contributed by atoms with Gasteiger partial charge in [-0.3, -0.25) is 4.79 Å². The number of benzene rings is 1. The molecule has 0 unspecified atom stereocenters. The van der Waals surface area contributed by atoms with Crippen LogP contribution in [0.15, 0.2) is 42.7 Å². The molecule has 1 aromatic carbocycles. The third-order valence-corrected chi connectivity index (χ3v) is 6.47. The molecule has 0 atom stereocenters. The molecule has 0 radical (unpaired) electrons. The molecule has 4 rings (SSSR count). The summed E-state index contributed by atoms with van der Waals surface area (Å²) in [4.78, 5) is 25.3. The Morgan fingerprint density at radius 1 is 0.977 bits per heavy atom. The Labute approximate surface area is 247 Å². The first-order valence-corrected chi connectivity index (χ1v) is 14.2. The van der Waals surface area contributed by atoms with E-state index in [0.29, 0.717) is 6.92 Å². The van der Waals surface area contributed by atoms with E-state index < -0.39 is 39.3 Å². The SMILES string of the molecule is COc1cc(Nc2ncc(-c3cnc(OC)c(C(=O)NS(C)(=O)=O)c3)c(-n3nc(C(C)(F)F)cc3C)n2)cc(C(F)(F)F)c1. The van der Waals surface area contributed by atoms with Crippen LogP contribution in [-0.4, -0.2) is 59.5 Å². The Morgan fingerprint density at radius 2 is 1.68 bits per heavy atom. The molecule has 2 N–H and O–H groups in total. The summed E-state index contributed by atoms with van der Waals surface area (Å²) in [5, 5.41) is 6.63. The summed E-state index contributed by atoms with van der Waals surface area (Å²) < 4.78 is 105. The van der Waals surface area contributed by atoms with Gasteiger partial charge < -0.3 is 14.8 Å². The van der Waals surface area contributed by atoms with Gasteiger partial charge in [-0.15, -0.1) is 0 Å². The second-order valence-corrected chi connectivity index (χ2v) is 11.2. The highest BCUT2D eigenvalue weighted by Gasteiger charge is 2.32. The van der Waals surface area contributed by atoms with Crippen LogP contribution in [0.4, 0.5) is 33.6 Å². The second kappa shape index (κ2) is 11.7. The third kappa shape index (κ3) is 7.19. The molecule has 234 valence electrons.